The fourth-order valence-corrected chi connectivity index (χ4v) is 5.94. The summed E-state index contributed by atoms with van der Waals surface area (Å²) >= 11 is 1.22. The highest BCUT2D eigenvalue weighted by Gasteiger charge is 2.33. The maximum atomic E-state index is 13.9. The Kier molecular flexibility index (Phi) is 8.96. The second kappa shape index (κ2) is 13.0. The summed E-state index contributed by atoms with van der Waals surface area (Å²) in [5.74, 6) is 0.00808. The van der Waals surface area contributed by atoms with Gasteiger partial charge in [0.05, 0.1) is 48.2 Å². The Morgan fingerprint density at radius 2 is 1.80 bits per heavy atom. The van der Waals surface area contributed by atoms with E-state index >= 15 is 0 Å². The van der Waals surface area contributed by atoms with E-state index in [1.807, 2.05) is 12.1 Å². The Morgan fingerprint density at radius 3 is 2.48 bits per heavy atom. The molecule has 1 atom stereocenters. The molecule has 226 valence electrons. The zero-order chi connectivity index (χ0) is 31.4. The van der Waals surface area contributed by atoms with E-state index in [1.165, 1.54) is 29.1 Å². The number of benzene rings is 3. The highest BCUT2D eigenvalue weighted by atomic mass is 32.1. The van der Waals surface area contributed by atoms with Gasteiger partial charge in [-0.2, -0.15) is 0 Å². The first-order valence-corrected chi connectivity index (χ1v) is 14.5. The molecule has 44 heavy (non-hydrogen) atoms. The number of carboxylic acids is 1. The number of fused-ring (bicyclic) bond motifs is 1. The third kappa shape index (κ3) is 6.13. The summed E-state index contributed by atoms with van der Waals surface area (Å²) in [5.41, 5.74) is 2.75. The molecule has 11 heteroatoms. The predicted octanol–water partition coefficient (Wildman–Crippen LogP) is 4.09. The third-order valence-electron chi connectivity index (χ3n) is 7.00. The summed E-state index contributed by atoms with van der Waals surface area (Å²) in [6.07, 6.45) is 1.74. The number of aromatic nitrogens is 1. The van der Waals surface area contributed by atoms with Crippen molar-refractivity contribution in [1.29, 1.82) is 0 Å². The molecule has 0 radical (unpaired) electrons. The number of methoxy groups -OCH3 is 2. The van der Waals surface area contributed by atoms with Gasteiger partial charge >= 0.3 is 11.9 Å². The van der Waals surface area contributed by atoms with Gasteiger partial charge in [0.2, 0.25) is 0 Å². The van der Waals surface area contributed by atoms with Gasteiger partial charge in [-0.15, -0.1) is 0 Å². The maximum absolute atomic E-state index is 13.9. The molecule has 0 saturated heterocycles. The minimum atomic E-state index is -1.01. The number of esters is 1. The van der Waals surface area contributed by atoms with Gasteiger partial charge in [0.25, 0.3) is 5.56 Å². The number of thiazole rings is 1. The van der Waals surface area contributed by atoms with E-state index in [9.17, 15) is 19.5 Å². The molecule has 5 rings (SSSR count). The van der Waals surface area contributed by atoms with E-state index in [0.717, 1.165) is 0 Å². The van der Waals surface area contributed by atoms with Crippen LogP contribution in [0.3, 0.4) is 0 Å². The Hall–Kier alpha value is -5.16. The Balaban J connectivity index is 1.51. The largest absolute Gasteiger partial charge is 0.497 e. The quantitative estimate of drug-likeness (QED) is 0.265. The molecule has 0 amide bonds. The standard InChI is InChI=1S/C33H30N2O8S/c1-5-42-32(39)28-19(2)34-33-35(29(28)22-10-12-24(40-3)13-11-22)30(36)27(44-33)17-20-9-14-25(26(16-20)41-4)43-18-21-7-6-8-23(15-21)31(37)38/h6-17,29H,5,18H2,1-4H3,(H,37,38)/t29-/m0/s1. The van der Waals surface area contributed by atoms with Crippen molar-refractivity contribution in [2.45, 2.75) is 26.5 Å². The monoisotopic (exact) mass is 614 g/mol. The molecule has 4 aromatic rings. The van der Waals surface area contributed by atoms with E-state index in [-0.39, 0.29) is 24.3 Å². The number of hydrogen-bond donors (Lipinski definition) is 1. The van der Waals surface area contributed by atoms with Crippen LogP contribution in [0.2, 0.25) is 0 Å². The van der Waals surface area contributed by atoms with Gasteiger partial charge in [-0.05, 0) is 73.0 Å². The summed E-state index contributed by atoms with van der Waals surface area (Å²) in [7, 11) is 3.08. The number of rotatable bonds is 10. The van der Waals surface area contributed by atoms with Crippen LogP contribution in [0, 0.1) is 0 Å². The van der Waals surface area contributed by atoms with Crippen LogP contribution in [0.1, 0.15) is 46.9 Å². The molecule has 1 aliphatic rings. The van der Waals surface area contributed by atoms with Crippen LogP contribution in [0.4, 0.5) is 0 Å². The number of carboxylic acid groups (broad SMARTS) is 1. The van der Waals surface area contributed by atoms with E-state index in [2.05, 4.69) is 4.99 Å². The number of nitrogens with zero attached hydrogens (tertiary/aromatic N) is 2. The average Bonchev–Trinajstić information content (AvgIpc) is 3.33. The molecule has 0 saturated carbocycles. The SMILES string of the molecule is CCOC(=O)C1=C(C)N=c2sc(=Cc3ccc(OCc4cccc(C(=O)O)c4)c(OC)c3)c(=O)n2[C@H]1c1ccc(OC)cc1. The smallest absolute Gasteiger partial charge is 0.338 e. The lowest BCUT2D eigenvalue weighted by molar-refractivity contribution is -0.139. The van der Waals surface area contributed by atoms with E-state index < -0.39 is 18.0 Å². The molecule has 0 bridgehead atoms. The van der Waals surface area contributed by atoms with Crippen LogP contribution in [-0.4, -0.2) is 42.4 Å². The van der Waals surface area contributed by atoms with Crippen LogP contribution in [-0.2, 0) is 16.1 Å². The lowest BCUT2D eigenvalue weighted by Crippen LogP contribution is -2.39. The fourth-order valence-electron chi connectivity index (χ4n) is 4.89. The van der Waals surface area contributed by atoms with E-state index in [4.69, 9.17) is 18.9 Å². The molecule has 0 fully saturated rings. The van der Waals surface area contributed by atoms with Crippen molar-refractivity contribution in [3.63, 3.8) is 0 Å². The summed E-state index contributed by atoms with van der Waals surface area (Å²) in [4.78, 5) is 43.4. The topological polar surface area (TPSA) is 126 Å². The molecule has 0 unspecified atom stereocenters. The Labute approximate surface area is 256 Å². The molecule has 3 aromatic carbocycles. The van der Waals surface area contributed by atoms with Gasteiger partial charge < -0.3 is 24.1 Å². The fraction of sp³-hybridized carbons (Fsp3) is 0.212. The van der Waals surface area contributed by atoms with Crippen LogP contribution < -0.4 is 29.1 Å². The van der Waals surface area contributed by atoms with Gasteiger partial charge in [-0.1, -0.05) is 41.7 Å². The third-order valence-corrected chi connectivity index (χ3v) is 7.99. The van der Waals surface area contributed by atoms with Crippen LogP contribution in [0.25, 0.3) is 6.08 Å². The summed E-state index contributed by atoms with van der Waals surface area (Å²) in [6.45, 7) is 3.79. The second-order valence-electron chi connectivity index (χ2n) is 9.78. The molecule has 2 heterocycles. The van der Waals surface area contributed by atoms with Crippen molar-refractivity contribution in [2.24, 2.45) is 4.99 Å². The Morgan fingerprint density at radius 1 is 1.02 bits per heavy atom. The van der Waals surface area contributed by atoms with Gasteiger partial charge in [-0.25, -0.2) is 14.6 Å². The number of ether oxygens (including phenoxy) is 4. The lowest BCUT2D eigenvalue weighted by atomic mass is 9.96. The van der Waals surface area contributed by atoms with Crippen molar-refractivity contribution < 1.29 is 33.6 Å². The normalized spacial score (nSPS) is 14.5. The van der Waals surface area contributed by atoms with Crippen LogP contribution in [0.5, 0.6) is 17.2 Å². The number of allylic oxidation sites excluding steroid dienone is 1. The molecule has 1 aromatic heterocycles. The summed E-state index contributed by atoms with van der Waals surface area (Å²) in [5, 5.41) is 9.24. The Bertz CT molecular complexity index is 1940. The number of carbonyl (C=O) groups is 2. The van der Waals surface area contributed by atoms with Gasteiger partial charge in [-0.3, -0.25) is 9.36 Å². The molecule has 0 spiro atoms. The van der Waals surface area contributed by atoms with Crippen molar-refractivity contribution in [2.75, 3.05) is 20.8 Å². The predicted molar refractivity (Wildman–Crippen MR) is 164 cm³/mol. The maximum Gasteiger partial charge on any atom is 0.338 e. The van der Waals surface area contributed by atoms with Crippen molar-refractivity contribution in [3.05, 3.63) is 120 Å². The number of aromatic carboxylic acids is 1. The second-order valence-corrected chi connectivity index (χ2v) is 10.8. The van der Waals surface area contributed by atoms with Gasteiger partial charge in [0.15, 0.2) is 16.3 Å². The molecule has 10 nitrogen and oxygen atoms in total. The van der Waals surface area contributed by atoms with Crippen molar-refractivity contribution in [3.8, 4) is 17.2 Å². The molecule has 0 aliphatic carbocycles. The summed E-state index contributed by atoms with van der Waals surface area (Å²) in [6, 6.07) is 18.2. The molecule has 1 aliphatic heterocycles. The lowest BCUT2D eigenvalue weighted by Gasteiger charge is -2.24. The van der Waals surface area contributed by atoms with Gasteiger partial charge in [0, 0.05) is 0 Å². The first-order valence-electron chi connectivity index (χ1n) is 13.7. The highest BCUT2D eigenvalue weighted by Crippen LogP contribution is 2.32. The molecular weight excluding hydrogens is 584 g/mol. The first-order chi connectivity index (χ1) is 21.2. The number of carbonyl (C=O) groups excluding carboxylic acids is 1. The molecular formula is C33H30N2O8S. The average molecular weight is 615 g/mol. The minimum Gasteiger partial charge on any atom is -0.497 e. The highest BCUT2D eigenvalue weighted by molar-refractivity contribution is 7.07. The van der Waals surface area contributed by atoms with Crippen molar-refractivity contribution >= 4 is 29.4 Å². The van der Waals surface area contributed by atoms with Crippen molar-refractivity contribution in [1.82, 2.24) is 4.57 Å². The zero-order valence-electron chi connectivity index (χ0n) is 24.5. The van der Waals surface area contributed by atoms with E-state index in [0.29, 0.717) is 54.5 Å². The van der Waals surface area contributed by atoms with E-state index in [1.54, 1.807) is 75.6 Å². The van der Waals surface area contributed by atoms with Gasteiger partial charge in [0.1, 0.15) is 12.4 Å². The first kappa shape index (κ1) is 30.3. The molecule has 1 N–H and O–H groups in total. The zero-order valence-corrected chi connectivity index (χ0v) is 25.3. The number of hydrogen-bond acceptors (Lipinski definition) is 9. The minimum absolute atomic E-state index is 0.142. The van der Waals surface area contributed by atoms with Crippen LogP contribution >= 0.6 is 11.3 Å². The van der Waals surface area contributed by atoms with Crippen LogP contribution in [0.15, 0.2) is 87.8 Å². The summed E-state index contributed by atoms with van der Waals surface area (Å²) < 4.78 is 24.1.